The van der Waals surface area contributed by atoms with Crippen molar-refractivity contribution < 1.29 is 31.9 Å². The molecule has 6 nitrogen and oxygen atoms in total. The summed E-state index contributed by atoms with van der Waals surface area (Å²) >= 11 is 31.0. The van der Waals surface area contributed by atoms with Gasteiger partial charge in [-0.25, -0.2) is 17.6 Å². The predicted octanol–water partition coefficient (Wildman–Crippen LogP) is 9.08. The molecule has 0 aromatic heterocycles. The molecule has 3 amide bonds. The highest BCUT2D eigenvalue weighted by Crippen LogP contribution is 2.65. The van der Waals surface area contributed by atoms with Crippen LogP contribution >= 0.6 is 58.0 Å². The lowest BCUT2D eigenvalue weighted by Gasteiger charge is -2.14. The third-order valence-corrected chi connectivity index (χ3v) is 8.52. The number of alkyl halides is 4. The number of benzene rings is 3. The minimum Gasteiger partial charge on any atom is -0.326 e. The first-order chi connectivity index (χ1) is 20.0. The summed E-state index contributed by atoms with van der Waals surface area (Å²) < 4.78 is 53.9. The lowest BCUT2D eigenvalue weighted by atomic mass is 10.1. The van der Waals surface area contributed by atoms with Crippen molar-refractivity contribution in [1.82, 2.24) is 0 Å². The molecule has 3 aromatic rings. The molecule has 0 bridgehead atoms. The summed E-state index contributed by atoms with van der Waals surface area (Å²) in [6, 6.07) is 10.3. The van der Waals surface area contributed by atoms with Crippen LogP contribution in [0.4, 0.5) is 34.6 Å². The van der Waals surface area contributed by atoms with E-state index in [9.17, 15) is 27.6 Å². The number of rotatable bonds is 9. The van der Waals surface area contributed by atoms with Crippen LogP contribution in [-0.4, -0.2) is 28.0 Å². The van der Waals surface area contributed by atoms with Crippen molar-refractivity contribution in [3.05, 3.63) is 86.4 Å². The molecule has 2 atom stereocenters. The van der Waals surface area contributed by atoms with Gasteiger partial charge in [-0.15, -0.1) is 23.2 Å². The molecule has 0 spiro atoms. The molecular formula is C28H20Cl5F4N3O3. The molecule has 1 aliphatic carbocycles. The largest absolute Gasteiger partial charge is 0.326 e. The molecule has 43 heavy (non-hydrogen) atoms. The fraction of sp³-hybridized carbons (Fsp3) is 0.250. The van der Waals surface area contributed by atoms with E-state index in [1.54, 1.807) is 18.2 Å². The van der Waals surface area contributed by atoms with Gasteiger partial charge in [0.1, 0.15) is 15.8 Å². The Kier molecular flexibility index (Phi) is 9.78. The summed E-state index contributed by atoms with van der Waals surface area (Å²) in [4.78, 5) is 38.0. The van der Waals surface area contributed by atoms with Gasteiger partial charge in [-0.05, 0) is 55.0 Å². The van der Waals surface area contributed by atoms with Gasteiger partial charge >= 0.3 is 0 Å². The van der Waals surface area contributed by atoms with Crippen LogP contribution in [0.2, 0.25) is 15.1 Å². The molecule has 0 radical (unpaired) electrons. The van der Waals surface area contributed by atoms with Gasteiger partial charge in [0.2, 0.25) is 17.7 Å². The van der Waals surface area contributed by atoms with Crippen molar-refractivity contribution in [3.63, 3.8) is 0 Å². The van der Waals surface area contributed by atoms with Crippen LogP contribution in [0.15, 0.2) is 48.5 Å². The van der Waals surface area contributed by atoms with Crippen LogP contribution in [0, 0.1) is 17.6 Å². The highest BCUT2D eigenvalue weighted by Gasteiger charge is 2.67. The topological polar surface area (TPSA) is 87.3 Å². The van der Waals surface area contributed by atoms with Crippen LogP contribution in [-0.2, 0) is 9.59 Å². The molecule has 0 unspecified atom stereocenters. The number of amides is 3. The number of hydrogen-bond acceptors (Lipinski definition) is 3. The van der Waals surface area contributed by atoms with E-state index in [0.29, 0.717) is 17.5 Å². The monoisotopic (exact) mass is 697 g/mol. The predicted molar refractivity (Wildman–Crippen MR) is 160 cm³/mol. The zero-order valence-corrected chi connectivity index (χ0v) is 25.6. The lowest BCUT2D eigenvalue weighted by molar-refractivity contribution is -0.118. The van der Waals surface area contributed by atoms with Crippen molar-refractivity contribution in [2.75, 3.05) is 16.0 Å². The van der Waals surface area contributed by atoms with E-state index < -0.39 is 75.7 Å². The first-order valence-electron chi connectivity index (χ1n) is 12.4. The molecule has 0 heterocycles. The smallest absolute Gasteiger partial charge is 0.257 e. The Morgan fingerprint density at radius 3 is 2.21 bits per heavy atom. The summed E-state index contributed by atoms with van der Waals surface area (Å²) in [5.41, 5.74) is -0.941. The molecule has 3 aromatic carbocycles. The molecule has 1 saturated carbocycles. The van der Waals surface area contributed by atoms with Gasteiger partial charge in [-0.3, -0.25) is 14.4 Å². The third-order valence-electron chi connectivity index (χ3n) is 6.51. The van der Waals surface area contributed by atoms with Crippen LogP contribution in [0.25, 0.3) is 0 Å². The number of anilines is 3. The Morgan fingerprint density at radius 1 is 0.884 bits per heavy atom. The van der Waals surface area contributed by atoms with E-state index in [0.717, 1.165) is 12.1 Å². The van der Waals surface area contributed by atoms with Crippen LogP contribution < -0.4 is 16.0 Å². The summed E-state index contributed by atoms with van der Waals surface area (Å²) in [5.74, 6) is -9.75. The summed E-state index contributed by atoms with van der Waals surface area (Å²) in [6.07, 6.45) is -1.53. The fourth-order valence-electron chi connectivity index (χ4n) is 4.26. The second-order valence-electron chi connectivity index (χ2n) is 9.84. The van der Waals surface area contributed by atoms with E-state index in [-0.39, 0.29) is 21.3 Å². The fourth-order valence-corrected chi connectivity index (χ4v) is 5.60. The molecule has 0 aliphatic heterocycles. The first-order valence-corrected chi connectivity index (χ1v) is 14.3. The third kappa shape index (κ3) is 7.67. The normalized spacial score (nSPS) is 17.3. The van der Waals surface area contributed by atoms with Crippen molar-refractivity contribution in [3.8, 4) is 0 Å². The second kappa shape index (κ2) is 12.7. The van der Waals surface area contributed by atoms with Crippen molar-refractivity contribution in [2.24, 2.45) is 5.92 Å². The van der Waals surface area contributed by atoms with Crippen molar-refractivity contribution in [2.45, 2.75) is 35.9 Å². The average Bonchev–Trinajstić information content (AvgIpc) is 3.50. The Morgan fingerprint density at radius 2 is 1.56 bits per heavy atom. The Balaban J connectivity index is 1.48. The average molecular weight is 700 g/mol. The summed E-state index contributed by atoms with van der Waals surface area (Å²) in [7, 11) is 0. The lowest BCUT2D eigenvalue weighted by Crippen LogP contribution is -2.20. The Hall–Kier alpha value is -2.76. The first kappa shape index (κ1) is 33.1. The van der Waals surface area contributed by atoms with Crippen LogP contribution in [0.3, 0.4) is 0 Å². The Bertz CT molecular complexity index is 1620. The molecule has 15 heteroatoms. The van der Waals surface area contributed by atoms with Crippen LogP contribution in [0.5, 0.6) is 0 Å². The number of nitrogens with one attached hydrogen (secondary N) is 3. The quantitative estimate of drug-likeness (QED) is 0.154. The Labute approximate surface area is 268 Å². The zero-order chi connectivity index (χ0) is 31.9. The molecule has 1 fully saturated rings. The maximum atomic E-state index is 15.0. The van der Waals surface area contributed by atoms with Gasteiger partial charge in [0.05, 0.1) is 32.2 Å². The maximum absolute atomic E-state index is 15.0. The molecule has 228 valence electrons. The summed E-state index contributed by atoms with van der Waals surface area (Å²) in [5, 5.41) is 7.24. The summed E-state index contributed by atoms with van der Waals surface area (Å²) in [6.45, 7) is 0.604. The highest BCUT2D eigenvalue weighted by molar-refractivity contribution is 6.53. The SMILES string of the molecule is CC(F)(F)CCC(=O)Nc1c(F)ccc(NC(=O)c2cc(NC(=O)[C@H]3[C@H](c4ccc(Cl)c(Cl)c4)C3(Cl)Cl)ccc2Cl)c1F. The second-order valence-corrected chi connectivity index (χ2v) is 12.5. The van der Waals surface area contributed by atoms with Gasteiger partial charge in [-0.1, -0.05) is 40.9 Å². The van der Waals surface area contributed by atoms with E-state index in [4.69, 9.17) is 58.0 Å². The highest BCUT2D eigenvalue weighted by atomic mass is 35.5. The maximum Gasteiger partial charge on any atom is 0.257 e. The number of hydrogen-bond donors (Lipinski definition) is 3. The zero-order valence-electron chi connectivity index (χ0n) is 21.8. The van der Waals surface area contributed by atoms with Gasteiger partial charge in [0.15, 0.2) is 5.82 Å². The standard InChI is InChI=1S/C28H20Cl5F4N3O3/c1-27(36,37)9-8-20(41)40-24-18(34)6-7-19(23(24)35)39-25(42)14-11-13(3-5-15(14)29)38-26(43)22-21(28(22,32)33)12-2-4-16(30)17(31)10-12/h2-7,10-11,21-22H,8-9H2,1H3,(H,38,43)(H,39,42)(H,40,41)/t21-,22+/m0/s1. The van der Waals surface area contributed by atoms with E-state index in [1.165, 1.54) is 18.2 Å². The van der Waals surface area contributed by atoms with Gasteiger partial charge in [0.25, 0.3) is 5.91 Å². The molecular weight excluding hydrogens is 680 g/mol. The van der Waals surface area contributed by atoms with E-state index in [2.05, 4.69) is 10.6 Å². The molecule has 3 N–H and O–H groups in total. The van der Waals surface area contributed by atoms with E-state index >= 15 is 4.39 Å². The number of halogens is 9. The molecule has 1 aliphatic rings. The van der Waals surface area contributed by atoms with Crippen molar-refractivity contribution in [1.29, 1.82) is 0 Å². The van der Waals surface area contributed by atoms with Crippen molar-refractivity contribution >= 4 is 92.8 Å². The van der Waals surface area contributed by atoms with E-state index in [1.807, 2.05) is 5.32 Å². The number of carbonyl (C=O) groups excluding carboxylic acids is 3. The van der Waals surface area contributed by atoms with Gasteiger partial charge < -0.3 is 16.0 Å². The van der Waals surface area contributed by atoms with Gasteiger partial charge in [-0.2, -0.15) is 0 Å². The minimum absolute atomic E-state index is 0.0730. The minimum atomic E-state index is -3.15. The van der Waals surface area contributed by atoms with Gasteiger partial charge in [0, 0.05) is 24.4 Å². The molecule has 4 rings (SSSR count). The molecule has 0 saturated heterocycles. The number of carbonyl (C=O) groups is 3. The van der Waals surface area contributed by atoms with Crippen LogP contribution in [0.1, 0.15) is 41.6 Å².